The van der Waals surface area contributed by atoms with Crippen LogP contribution in [0.25, 0.3) is 0 Å². The molecule has 1 N–H and O–H groups in total. The molecule has 0 bridgehead atoms. The molecule has 1 amide bonds. The molecule has 1 saturated carbocycles. The number of hydrogen-bond donors (Lipinski definition) is 1. The summed E-state index contributed by atoms with van der Waals surface area (Å²) in [6, 6.07) is 0.499. The van der Waals surface area contributed by atoms with Gasteiger partial charge in [-0.25, -0.2) is 0 Å². The zero-order valence-corrected chi connectivity index (χ0v) is 11.5. The summed E-state index contributed by atoms with van der Waals surface area (Å²) < 4.78 is 0. The highest BCUT2D eigenvalue weighted by molar-refractivity contribution is 5.76. The van der Waals surface area contributed by atoms with Crippen molar-refractivity contribution in [1.29, 1.82) is 0 Å². The van der Waals surface area contributed by atoms with E-state index in [1.54, 1.807) is 0 Å². The Balaban J connectivity index is 2.47. The van der Waals surface area contributed by atoms with Crippen molar-refractivity contribution in [3.8, 4) is 0 Å². The van der Waals surface area contributed by atoms with Gasteiger partial charge in [0.2, 0.25) is 5.91 Å². The van der Waals surface area contributed by atoms with E-state index in [0.717, 1.165) is 19.6 Å². The van der Waals surface area contributed by atoms with E-state index < -0.39 is 0 Å². The van der Waals surface area contributed by atoms with Crippen LogP contribution >= 0.6 is 0 Å². The van der Waals surface area contributed by atoms with Crippen LogP contribution in [0, 0.1) is 0 Å². The van der Waals surface area contributed by atoms with E-state index in [4.69, 9.17) is 0 Å². The second-order valence-corrected chi connectivity index (χ2v) is 5.18. The fourth-order valence-electron chi connectivity index (χ4n) is 2.41. The van der Waals surface area contributed by atoms with Crippen LogP contribution in [0.5, 0.6) is 0 Å². The standard InChI is InChI=1S/C13H27N3O/c1-14-9-8-13(17)16(11-10-15(2)3)12-6-4-5-7-12/h12,14H,4-11H2,1-3H3. The third-order valence-corrected chi connectivity index (χ3v) is 3.46. The largest absolute Gasteiger partial charge is 0.338 e. The van der Waals surface area contributed by atoms with Gasteiger partial charge in [-0.2, -0.15) is 0 Å². The highest BCUT2D eigenvalue weighted by Gasteiger charge is 2.25. The van der Waals surface area contributed by atoms with Gasteiger partial charge in [0, 0.05) is 32.1 Å². The summed E-state index contributed by atoms with van der Waals surface area (Å²) in [5.41, 5.74) is 0. The van der Waals surface area contributed by atoms with E-state index in [2.05, 4.69) is 29.2 Å². The molecule has 0 radical (unpaired) electrons. The van der Waals surface area contributed by atoms with Crippen LogP contribution in [0.15, 0.2) is 0 Å². The highest BCUT2D eigenvalue weighted by atomic mass is 16.2. The van der Waals surface area contributed by atoms with Gasteiger partial charge in [-0.3, -0.25) is 4.79 Å². The first kappa shape index (κ1) is 14.5. The molecule has 0 aliphatic heterocycles. The smallest absolute Gasteiger partial charge is 0.224 e. The van der Waals surface area contributed by atoms with E-state index in [0.29, 0.717) is 18.4 Å². The third-order valence-electron chi connectivity index (χ3n) is 3.46. The molecule has 0 aromatic carbocycles. The minimum Gasteiger partial charge on any atom is -0.338 e. The fraction of sp³-hybridized carbons (Fsp3) is 0.923. The number of nitrogens with zero attached hydrogens (tertiary/aromatic N) is 2. The summed E-state index contributed by atoms with van der Waals surface area (Å²) >= 11 is 0. The maximum Gasteiger partial charge on any atom is 0.224 e. The quantitative estimate of drug-likeness (QED) is 0.720. The second kappa shape index (κ2) is 7.67. The number of amides is 1. The van der Waals surface area contributed by atoms with Crippen LogP contribution in [-0.2, 0) is 4.79 Å². The Morgan fingerprint density at radius 2 is 1.88 bits per heavy atom. The maximum atomic E-state index is 12.2. The van der Waals surface area contributed by atoms with Crippen molar-refractivity contribution in [2.75, 3.05) is 40.8 Å². The van der Waals surface area contributed by atoms with E-state index >= 15 is 0 Å². The lowest BCUT2D eigenvalue weighted by atomic mass is 10.2. The second-order valence-electron chi connectivity index (χ2n) is 5.18. The lowest BCUT2D eigenvalue weighted by molar-refractivity contribution is -0.133. The van der Waals surface area contributed by atoms with Crippen molar-refractivity contribution in [1.82, 2.24) is 15.1 Å². The van der Waals surface area contributed by atoms with Gasteiger partial charge in [0.15, 0.2) is 0 Å². The van der Waals surface area contributed by atoms with Crippen molar-refractivity contribution in [3.63, 3.8) is 0 Å². The Kier molecular flexibility index (Phi) is 6.52. The summed E-state index contributed by atoms with van der Waals surface area (Å²) in [5.74, 6) is 0.313. The molecule has 0 heterocycles. The summed E-state index contributed by atoms with van der Waals surface area (Å²) in [7, 11) is 6.02. The normalized spacial score (nSPS) is 16.7. The van der Waals surface area contributed by atoms with Crippen LogP contribution in [0.2, 0.25) is 0 Å². The number of rotatable bonds is 7. The van der Waals surface area contributed by atoms with Crippen molar-refractivity contribution in [3.05, 3.63) is 0 Å². The van der Waals surface area contributed by atoms with Crippen molar-refractivity contribution >= 4 is 5.91 Å². The topological polar surface area (TPSA) is 35.6 Å². The van der Waals surface area contributed by atoms with Crippen molar-refractivity contribution in [2.45, 2.75) is 38.1 Å². The molecular weight excluding hydrogens is 214 g/mol. The van der Waals surface area contributed by atoms with Gasteiger partial charge in [0.1, 0.15) is 0 Å². The van der Waals surface area contributed by atoms with E-state index in [9.17, 15) is 4.79 Å². The molecule has 1 rings (SSSR count). The zero-order chi connectivity index (χ0) is 12.7. The van der Waals surface area contributed by atoms with Crippen molar-refractivity contribution in [2.24, 2.45) is 0 Å². The molecular formula is C13H27N3O. The minimum atomic E-state index is 0.313. The predicted octanol–water partition coefficient (Wildman–Crippen LogP) is 0.929. The van der Waals surface area contributed by atoms with Gasteiger partial charge in [0.25, 0.3) is 0 Å². The molecule has 0 aromatic heterocycles. The number of nitrogens with one attached hydrogen (secondary N) is 1. The van der Waals surface area contributed by atoms with Crippen LogP contribution in [0.4, 0.5) is 0 Å². The van der Waals surface area contributed by atoms with E-state index in [1.807, 2.05) is 7.05 Å². The summed E-state index contributed by atoms with van der Waals surface area (Å²) in [5, 5.41) is 3.05. The molecule has 0 atom stereocenters. The summed E-state index contributed by atoms with van der Waals surface area (Å²) in [6.07, 6.45) is 5.57. The minimum absolute atomic E-state index is 0.313. The van der Waals surface area contributed by atoms with Gasteiger partial charge >= 0.3 is 0 Å². The molecule has 1 aliphatic carbocycles. The molecule has 1 fully saturated rings. The average molecular weight is 241 g/mol. The van der Waals surface area contributed by atoms with Gasteiger partial charge in [-0.15, -0.1) is 0 Å². The Labute approximate surface area is 105 Å². The molecule has 0 saturated heterocycles. The lowest BCUT2D eigenvalue weighted by Gasteiger charge is -2.30. The first-order valence-electron chi connectivity index (χ1n) is 6.74. The fourth-order valence-corrected chi connectivity index (χ4v) is 2.41. The molecule has 0 unspecified atom stereocenters. The molecule has 0 spiro atoms. The molecule has 100 valence electrons. The Hall–Kier alpha value is -0.610. The van der Waals surface area contributed by atoms with Gasteiger partial charge in [0.05, 0.1) is 0 Å². The number of carbonyl (C=O) groups excluding carboxylic acids is 1. The highest BCUT2D eigenvalue weighted by Crippen LogP contribution is 2.23. The first-order chi connectivity index (χ1) is 8.15. The third kappa shape index (κ3) is 5.04. The SMILES string of the molecule is CNCCC(=O)N(CCN(C)C)C1CCCC1. The Morgan fingerprint density at radius 1 is 1.24 bits per heavy atom. The zero-order valence-electron chi connectivity index (χ0n) is 11.5. The molecule has 4 nitrogen and oxygen atoms in total. The van der Waals surface area contributed by atoms with Crippen LogP contribution in [0.1, 0.15) is 32.1 Å². The van der Waals surface area contributed by atoms with Crippen LogP contribution < -0.4 is 5.32 Å². The van der Waals surface area contributed by atoms with E-state index in [-0.39, 0.29) is 0 Å². The summed E-state index contributed by atoms with van der Waals surface area (Å²) in [6.45, 7) is 2.62. The first-order valence-corrected chi connectivity index (χ1v) is 6.74. The predicted molar refractivity (Wildman–Crippen MR) is 71.1 cm³/mol. The molecule has 4 heteroatoms. The molecule has 1 aliphatic rings. The number of hydrogen-bond acceptors (Lipinski definition) is 3. The van der Waals surface area contributed by atoms with Crippen LogP contribution in [-0.4, -0.2) is 62.5 Å². The van der Waals surface area contributed by atoms with Gasteiger partial charge in [-0.1, -0.05) is 12.8 Å². The number of likely N-dealkylation sites (N-methyl/N-ethyl adjacent to an activating group) is 1. The molecule has 17 heavy (non-hydrogen) atoms. The monoisotopic (exact) mass is 241 g/mol. The van der Waals surface area contributed by atoms with Crippen molar-refractivity contribution < 1.29 is 4.79 Å². The average Bonchev–Trinajstić information content (AvgIpc) is 2.79. The van der Waals surface area contributed by atoms with E-state index in [1.165, 1.54) is 25.7 Å². The Morgan fingerprint density at radius 3 is 2.41 bits per heavy atom. The van der Waals surface area contributed by atoms with Gasteiger partial charge < -0.3 is 15.1 Å². The van der Waals surface area contributed by atoms with Crippen LogP contribution in [0.3, 0.4) is 0 Å². The Bertz CT molecular complexity index is 225. The number of carbonyl (C=O) groups is 1. The summed E-state index contributed by atoms with van der Waals surface area (Å²) in [4.78, 5) is 16.4. The van der Waals surface area contributed by atoms with Gasteiger partial charge in [-0.05, 0) is 34.0 Å². The lowest BCUT2D eigenvalue weighted by Crippen LogP contribution is -2.43. The molecule has 0 aromatic rings. The maximum absolute atomic E-state index is 12.2.